The lowest BCUT2D eigenvalue weighted by Crippen LogP contribution is -2.40. The van der Waals surface area contributed by atoms with Crippen LogP contribution in [0.3, 0.4) is 0 Å². The second kappa shape index (κ2) is 6.71. The first-order valence-electron chi connectivity index (χ1n) is 6.06. The summed E-state index contributed by atoms with van der Waals surface area (Å²) in [6.07, 6.45) is 0. The zero-order chi connectivity index (χ0) is 16.4. The van der Waals surface area contributed by atoms with Gasteiger partial charge in [0.1, 0.15) is 4.90 Å². The van der Waals surface area contributed by atoms with E-state index in [0.717, 1.165) is 10.4 Å². The summed E-state index contributed by atoms with van der Waals surface area (Å²) in [5.74, 6) is -1.33. The van der Waals surface area contributed by atoms with Crippen molar-refractivity contribution in [1.82, 2.24) is 9.21 Å². The van der Waals surface area contributed by atoms with Crippen LogP contribution in [-0.2, 0) is 14.8 Å². The summed E-state index contributed by atoms with van der Waals surface area (Å²) >= 11 is 2.92. The standard InChI is InChI=1S/C12H17BrFN3O3S/c1-4-17(7-11(18)16(2)3)21(19,20)10-6-8(15)5-9(13)12(10)14/h5-6H,4,7,15H2,1-3H3. The number of hydrogen-bond donors (Lipinski definition) is 1. The molecule has 0 aliphatic rings. The van der Waals surface area contributed by atoms with Crippen LogP contribution < -0.4 is 5.73 Å². The summed E-state index contributed by atoms with van der Waals surface area (Å²) in [6.45, 7) is 1.24. The van der Waals surface area contributed by atoms with Crippen LogP contribution in [0.5, 0.6) is 0 Å². The van der Waals surface area contributed by atoms with Crippen LogP contribution in [0.2, 0.25) is 0 Å². The van der Waals surface area contributed by atoms with Gasteiger partial charge in [-0.15, -0.1) is 0 Å². The van der Waals surface area contributed by atoms with Crippen molar-refractivity contribution in [3.63, 3.8) is 0 Å². The van der Waals surface area contributed by atoms with Gasteiger partial charge in [0, 0.05) is 26.3 Å². The molecule has 0 unspecified atom stereocenters. The van der Waals surface area contributed by atoms with Gasteiger partial charge in [-0.25, -0.2) is 12.8 Å². The van der Waals surface area contributed by atoms with Crippen LogP contribution in [0.25, 0.3) is 0 Å². The van der Waals surface area contributed by atoms with Crippen LogP contribution in [-0.4, -0.2) is 50.7 Å². The third-order valence-electron chi connectivity index (χ3n) is 2.80. The third-order valence-corrected chi connectivity index (χ3v) is 5.30. The second-order valence-corrected chi connectivity index (χ2v) is 7.29. The van der Waals surface area contributed by atoms with E-state index in [1.807, 2.05) is 0 Å². The number of nitrogens with zero attached hydrogens (tertiary/aromatic N) is 2. The minimum Gasteiger partial charge on any atom is -0.399 e. The van der Waals surface area contributed by atoms with Gasteiger partial charge in [0.25, 0.3) is 0 Å². The molecule has 9 heteroatoms. The van der Waals surface area contributed by atoms with Crippen LogP contribution >= 0.6 is 15.9 Å². The molecule has 0 heterocycles. The average molecular weight is 382 g/mol. The summed E-state index contributed by atoms with van der Waals surface area (Å²) in [4.78, 5) is 12.4. The van der Waals surface area contributed by atoms with Crippen molar-refractivity contribution in [1.29, 1.82) is 0 Å². The van der Waals surface area contributed by atoms with E-state index < -0.39 is 26.6 Å². The number of hydrogen-bond acceptors (Lipinski definition) is 4. The molecule has 0 bridgehead atoms. The highest BCUT2D eigenvalue weighted by Gasteiger charge is 2.29. The van der Waals surface area contributed by atoms with Crippen LogP contribution in [0.15, 0.2) is 21.5 Å². The first-order chi connectivity index (χ1) is 9.61. The fraction of sp³-hybridized carbons (Fsp3) is 0.417. The number of likely N-dealkylation sites (N-methyl/N-ethyl adjacent to an activating group) is 2. The van der Waals surface area contributed by atoms with Crippen LogP contribution in [0.4, 0.5) is 10.1 Å². The quantitative estimate of drug-likeness (QED) is 0.778. The monoisotopic (exact) mass is 381 g/mol. The molecule has 1 aromatic rings. The number of rotatable bonds is 5. The average Bonchev–Trinajstić information content (AvgIpc) is 2.39. The largest absolute Gasteiger partial charge is 0.399 e. The van der Waals surface area contributed by atoms with Gasteiger partial charge >= 0.3 is 0 Å². The molecule has 1 aromatic carbocycles. The highest BCUT2D eigenvalue weighted by molar-refractivity contribution is 9.10. The normalized spacial score (nSPS) is 11.7. The van der Waals surface area contributed by atoms with E-state index in [1.54, 1.807) is 6.92 Å². The Morgan fingerprint density at radius 1 is 1.38 bits per heavy atom. The predicted octanol–water partition coefficient (Wildman–Crippen LogP) is 1.27. The minimum atomic E-state index is -4.15. The van der Waals surface area contributed by atoms with Crippen LogP contribution in [0.1, 0.15) is 6.92 Å². The first-order valence-corrected chi connectivity index (χ1v) is 8.29. The molecule has 0 fully saturated rings. The number of anilines is 1. The highest BCUT2D eigenvalue weighted by Crippen LogP contribution is 2.28. The third kappa shape index (κ3) is 3.92. The number of nitrogen functional groups attached to an aromatic ring is 1. The molecule has 0 aliphatic carbocycles. The summed E-state index contributed by atoms with van der Waals surface area (Å²) in [6, 6.07) is 2.31. The molecule has 0 saturated heterocycles. The SMILES string of the molecule is CCN(CC(=O)N(C)C)S(=O)(=O)c1cc(N)cc(Br)c1F. The molecule has 0 saturated carbocycles. The lowest BCUT2D eigenvalue weighted by Gasteiger charge is -2.22. The summed E-state index contributed by atoms with van der Waals surface area (Å²) < 4.78 is 39.9. The summed E-state index contributed by atoms with van der Waals surface area (Å²) in [7, 11) is -1.13. The molecule has 0 aromatic heterocycles. The van der Waals surface area contributed by atoms with Crippen molar-refractivity contribution < 1.29 is 17.6 Å². The van der Waals surface area contributed by atoms with Gasteiger partial charge in [-0.3, -0.25) is 4.79 Å². The van der Waals surface area contributed by atoms with Gasteiger partial charge in [-0.2, -0.15) is 4.31 Å². The number of nitrogens with two attached hydrogens (primary N) is 1. The Morgan fingerprint density at radius 2 is 1.95 bits per heavy atom. The molecule has 1 amide bonds. The predicted molar refractivity (Wildman–Crippen MR) is 81.6 cm³/mol. The van der Waals surface area contributed by atoms with Gasteiger partial charge < -0.3 is 10.6 Å². The molecule has 0 spiro atoms. The maximum absolute atomic E-state index is 14.1. The Morgan fingerprint density at radius 3 is 2.43 bits per heavy atom. The van der Waals surface area contributed by atoms with Crippen molar-refractivity contribution in [3.8, 4) is 0 Å². The van der Waals surface area contributed by atoms with E-state index in [4.69, 9.17) is 5.73 Å². The van der Waals surface area contributed by atoms with Crippen LogP contribution in [0, 0.1) is 5.82 Å². The molecule has 0 aliphatic heterocycles. The molecular formula is C12H17BrFN3O3S. The topological polar surface area (TPSA) is 83.7 Å². The molecular weight excluding hydrogens is 365 g/mol. The smallest absolute Gasteiger partial charge is 0.246 e. The number of benzene rings is 1. The van der Waals surface area contributed by atoms with Crippen molar-refractivity contribution in [2.45, 2.75) is 11.8 Å². The zero-order valence-corrected chi connectivity index (χ0v) is 14.3. The lowest BCUT2D eigenvalue weighted by atomic mass is 10.3. The Bertz CT molecular complexity index is 649. The highest BCUT2D eigenvalue weighted by atomic mass is 79.9. The molecule has 21 heavy (non-hydrogen) atoms. The van der Waals surface area contributed by atoms with Crippen molar-refractivity contribution >= 4 is 37.5 Å². The number of halogens is 2. The van der Waals surface area contributed by atoms with Crippen molar-refractivity contribution in [2.75, 3.05) is 32.9 Å². The van der Waals surface area contributed by atoms with Gasteiger partial charge in [-0.05, 0) is 28.1 Å². The van der Waals surface area contributed by atoms with Crippen molar-refractivity contribution in [2.24, 2.45) is 0 Å². The zero-order valence-electron chi connectivity index (χ0n) is 11.9. The summed E-state index contributed by atoms with van der Waals surface area (Å²) in [5, 5.41) is 0. The van der Waals surface area contributed by atoms with Gasteiger partial charge in [-0.1, -0.05) is 6.92 Å². The minimum absolute atomic E-state index is 0.0355. The molecule has 0 radical (unpaired) electrons. The Hall–Kier alpha value is -1.19. The summed E-state index contributed by atoms with van der Waals surface area (Å²) in [5.41, 5.74) is 5.67. The molecule has 0 atom stereocenters. The maximum atomic E-state index is 14.1. The van der Waals surface area contributed by atoms with E-state index in [1.165, 1.54) is 25.1 Å². The Kier molecular flexibility index (Phi) is 5.71. The van der Waals surface area contributed by atoms with E-state index in [9.17, 15) is 17.6 Å². The Labute approximate surface area is 131 Å². The van der Waals surface area contributed by atoms with Crippen molar-refractivity contribution in [3.05, 3.63) is 22.4 Å². The van der Waals surface area contributed by atoms with E-state index in [-0.39, 0.29) is 23.2 Å². The van der Waals surface area contributed by atoms with E-state index in [2.05, 4.69) is 15.9 Å². The maximum Gasteiger partial charge on any atom is 0.246 e. The Balaban J connectivity index is 3.29. The second-order valence-electron chi connectivity index (χ2n) is 4.53. The fourth-order valence-corrected chi connectivity index (χ4v) is 3.70. The van der Waals surface area contributed by atoms with Gasteiger partial charge in [0.05, 0.1) is 11.0 Å². The first kappa shape index (κ1) is 17.9. The van der Waals surface area contributed by atoms with Gasteiger partial charge in [0.15, 0.2) is 5.82 Å². The number of carbonyl (C=O) groups excluding carboxylic acids is 1. The molecule has 1 rings (SSSR count). The number of carbonyl (C=O) groups is 1. The fourth-order valence-electron chi connectivity index (χ4n) is 1.57. The molecule has 118 valence electrons. The van der Waals surface area contributed by atoms with E-state index in [0.29, 0.717) is 0 Å². The molecule has 2 N–H and O–H groups in total. The van der Waals surface area contributed by atoms with E-state index >= 15 is 0 Å². The number of sulfonamides is 1. The lowest BCUT2D eigenvalue weighted by molar-refractivity contribution is -0.128. The van der Waals surface area contributed by atoms with Gasteiger partial charge in [0.2, 0.25) is 15.9 Å². The number of amides is 1. The molecule has 6 nitrogen and oxygen atoms in total.